The van der Waals surface area contributed by atoms with Gasteiger partial charge in [-0.25, -0.2) is 0 Å². The van der Waals surface area contributed by atoms with E-state index in [1.807, 2.05) is 37.3 Å². The van der Waals surface area contributed by atoms with Crippen molar-refractivity contribution < 1.29 is 4.89 Å². The highest BCUT2D eigenvalue weighted by Crippen LogP contribution is 2.38. The fourth-order valence-corrected chi connectivity index (χ4v) is 4.92. The standard InChI is InChI=1S/C21H16.C8H10.C7H9OP/c1-15-17-11-5-7-13-19(17)21(16-9-3-2-4-10-16)20-14-8-6-12-18(15)20;1-2-8-6-4-3-5-7-8;1-6-2-4-7(9-8)5-3-6/h2-14H,1H3;3-7H,2H2,1H3;2-5,8-9H,1H3. The van der Waals surface area contributed by atoms with E-state index in [1.165, 1.54) is 49.4 Å². The number of hydrogen-bond donors (Lipinski definition) is 1. The molecule has 190 valence electrons. The first kappa shape index (κ1) is 27.3. The highest BCUT2D eigenvalue weighted by atomic mass is 31.1. The third-order valence-electron chi connectivity index (χ3n) is 6.70. The van der Waals surface area contributed by atoms with Gasteiger partial charge in [-0.05, 0) is 69.4 Å². The summed E-state index contributed by atoms with van der Waals surface area (Å²) < 4.78 is 0. The summed E-state index contributed by atoms with van der Waals surface area (Å²) >= 11 is 0. The molecule has 6 aromatic rings. The second kappa shape index (κ2) is 13.7. The summed E-state index contributed by atoms with van der Waals surface area (Å²) in [7, 11) is -0.0736. The number of rotatable bonds is 3. The van der Waals surface area contributed by atoms with Gasteiger partial charge in [0.2, 0.25) is 0 Å². The molecule has 0 aliphatic carbocycles. The highest BCUT2D eigenvalue weighted by Gasteiger charge is 2.11. The summed E-state index contributed by atoms with van der Waals surface area (Å²) in [5.74, 6) is 0. The smallest absolute Gasteiger partial charge is 0.0420 e. The summed E-state index contributed by atoms with van der Waals surface area (Å²) in [5, 5.41) is 6.35. The van der Waals surface area contributed by atoms with Gasteiger partial charge in [-0.1, -0.05) is 146 Å². The van der Waals surface area contributed by atoms with Crippen LogP contribution in [0.25, 0.3) is 32.7 Å². The van der Waals surface area contributed by atoms with E-state index in [0.29, 0.717) is 0 Å². The van der Waals surface area contributed by atoms with Crippen molar-refractivity contribution >= 4 is 35.7 Å². The van der Waals surface area contributed by atoms with Crippen molar-refractivity contribution in [3.63, 3.8) is 0 Å². The zero-order chi connectivity index (χ0) is 26.7. The monoisotopic (exact) mass is 514 g/mol. The molecule has 1 unspecified atom stereocenters. The molecule has 1 atom stereocenters. The first-order valence-electron chi connectivity index (χ1n) is 13.1. The van der Waals surface area contributed by atoms with Crippen molar-refractivity contribution in [1.82, 2.24) is 0 Å². The van der Waals surface area contributed by atoms with Gasteiger partial charge in [0.1, 0.15) is 0 Å². The van der Waals surface area contributed by atoms with Crippen LogP contribution in [0.15, 0.2) is 133 Å². The molecule has 38 heavy (non-hydrogen) atoms. The molecular weight excluding hydrogens is 479 g/mol. The van der Waals surface area contributed by atoms with Gasteiger partial charge in [-0.15, -0.1) is 0 Å². The second-order valence-corrected chi connectivity index (χ2v) is 10.1. The van der Waals surface area contributed by atoms with Gasteiger partial charge in [0.15, 0.2) is 0 Å². The largest absolute Gasteiger partial charge is 0.372 e. The Morgan fingerprint density at radius 3 is 1.42 bits per heavy atom. The first-order chi connectivity index (χ1) is 18.6. The summed E-state index contributed by atoms with van der Waals surface area (Å²) in [5.41, 5.74) is 6.63. The molecule has 0 amide bonds. The predicted octanol–water partition coefficient (Wildman–Crippen LogP) is 9.42. The lowest BCUT2D eigenvalue weighted by molar-refractivity contribution is 0.655. The minimum atomic E-state index is -0.0736. The van der Waals surface area contributed by atoms with E-state index in [4.69, 9.17) is 4.89 Å². The number of aryl methyl sites for hydroxylation is 3. The van der Waals surface area contributed by atoms with Crippen LogP contribution in [-0.2, 0) is 6.42 Å². The zero-order valence-corrected chi connectivity index (χ0v) is 23.4. The Balaban J connectivity index is 0.000000163. The minimum absolute atomic E-state index is 0.0736. The summed E-state index contributed by atoms with van der Waals surface area (Å²) in [4.78, 5) is 8.66. The molecule has 0 aromatic heterocycles. The SMILES string of the molecule is CCc1ccccc1.Cc1c2ccccc2c(-c2ccccc2)c2ccccc12.Cc1ccc(PO)cc1. The second-order valence-electron chi connectivity index (χ2n) is 9.27. The molecule has 2 heteroatoms. The van der Waals surface area contributed by atoms with Crippen molar-refractivity contribution in [3.05, 3.63) is 150 Å². The molecule has 0 aliphatic heterocycles. The van der Waals surface area contributed by atoms with E-state index in [2.05, 4.69) is 117 Å². The fraction of sp³-hybridized carbons (Fsp3) is 0.111. The molecule has 0 bridgehead atoms. The Morgan fingerprint density at radius 2 is 0.974 bits per heavy atom. The third-order valence-corrected chi connectivity index (χ3v) is 7.29. The van der Waals surface area contributed by atoms with E-state index in [9.17, 15) is 0 Å². The van der Waals surface area contributed by atoms with Crippen LogP contribution in [0, 0.1) is 13.8 Å². The van der Waals surface area contributed by atoms with Gasteiger partial charge < -0.3 is 4.89 Å². The van der Waals surface area contributed by atoms with E-state index in [0.717, 1.165) is 11.7 Å². The van der Waals surface area contributed by atoms with Gasteiger partial charge >= 0.3 is 0 Å². The van der Waals surface area contributed by atoms with Crippen LogP contribution in [0.2, 0.25) is 0 Å². The lowest BCUT2D eigenvalue weighted by atomic mass is 9.89. The van der Waals surface area contributed by atoms with Gasteiger partial charge in [0.05, 0.1) is 0 Å². The topological polar surface area (TPSA) is 20.2 Å². The van der Waals surface area contributed by atoms with E-state index < -0.39 is 0 Å². The molecule has 6 aromatic carbocycles. The van der Waals surface area contributed by atoms with Crippen molar-refractivity contribution in [2.45, 2.75) is 27.2 Å². The van der Waals surface area contributed by atoms with Gasteiger partial charge in [0, 0.05) is 8.81 Å². The lowest BCUT2D eigenvalue weighted by Gasteiger charge is -2.15. The number of hydrogen-bond acceptors (Lipinski definition) is 1. The van der Waals surface area contributed by atoms with Crippen LogP contribution in [0.1, 0.15) is 23.6 Å². The van der Waals surface area contributed by atoms with E-state index >= 15 is 0 Å². The summed E-state index contributed by atoms with van der Waals surface area (Å²) in [6.07, 6.45) is 1.14. The quantitative estimate of drug-likeness (QED) is 0.184. The minimum Gasteiger partial charge on any atom is -0.372 e. The van der Waals surface area contributed by atoms with Crippen molar-refractivity contribution in [2.24, 2.45) is 0 Å². The predicted molar refractivity (Wildman–Crippen MR) is 169 cm³/mol. The molecule has 0 radical (unpaired) electrons. The maximum absolute atomic E-state index is 8.66. The normalized spacial score (nSPS) is 10.6. The summed E-state index contributed by atoms with van der Waals surface area (Å²) in [6, 6.07) is 46.4. The third kappa shape index (κ3) is 6.75. The van der Waals surface area contributed by atoms with Crippen LogP contribution < -0.4 is 5.30 Å². The fourth-order valence-electron chi connectivity index (χ4n) is 4.60. The Kier molecular flexibility index (Phi) is 9.82. The Hall–Kier alpha value is -3.77. The van der Waals surface area contributed by atoms with Gasteiger partial charge in [-0.2, -0.15) is 0 Å². The molecule has 0 fully saturated rings. The van der Waals surface area contributed by atoms with Crippen molar-refractivity contribution in [2.75, 3.05) is 0 Å². The van der Waals surface area contributed by atoms with Crippen molar-refractivity contribution in [3.8, 4) is 11.1 Å². The molecular formula is C36H35OP. The van der Waals surface area contributed by atoms with E-state index in [-0.39, 0.29) is 8.81 Å². The molecule has 1 N–H and O–H groups in total. The van der Waals surface area contributed by atoms with Crippen LogP contribution in [0.5, 0.6) is 0 Å². The maximum atomic E-state index is 8.66. The summed E-state index contributed by atoms with van der Waals surface area (Å²) in [6.45, 7) is 6.42. The number of fused-ring (bicyclic) bond motifs is 2. The Bertz CT molecular complexity index is 1520. The van der Waals surface area contributed by atoms with Crippen LogP contribution in [0.4, 0.5) is 0 Å². The lowest BCUT2D eigenvalue weighted by Crippen LogP contribution is -1.90. The molecule has 0 saturated carbocycles. The zero-order valence-electron chi connectivity index (χ0n) is 22.4. The molecule has 0 aliphatic rings. The van der Waals surface area contributed by atoms with Crippen LogP contribution in [-0.4, -0.2) is 4.89 Å². The molecule has 0 spiro atoms. The maximum Gasteiger partial charge on any atom is 0.0420 e. The van der Waals surface area contributed by atoms with Crippen LogP contribution in [0.3, 0.4) is 0 Å². The molecule has 0 heterocycles. The van der Waals surface area contributed by atoms with Gasteiger partial charge in [-0.3, -0.25) is 0 Å². The molecule has 0 saturated heterocycles. The Labute approximate surface area is 228 Å². The molecule has 1 nitrogen and oxygen atoms in total. The Morgan fingerprint density at radius 1 is 0.526 bits per heavy atom. The van der Waals surface area contributed by atoms with Gasteiger partial charge in [0.25, 0.3) is 0 Å². The average molecular weight is 515 g/mol. The van der Waals surface area contributed by atoms with E-state index in [1.54, 1.807) is 0 Å². The van der Waals surface area contributed by atoms with Crippen LogP contribution >= 0.6 is 8.81 Å². The number of benzene rings is 6. The van der Waals surface area contributed by atoms with Crippen molar-refractivity contribution in [1.29, 1.82) is 0 Å². The highest BCUT2D eigenvalue weighted by molar-refractivity contribution is 7.40. The molecule has 6 rings (SSSR count). The average Bonchev–Trinajstić information content (AvgIpc) is 2.99. The first-order valence-corrected chi connectivity index (χ1v) is 14.0.